The van der Waals surface area contributed by atoms with Crippen molar-refractivity contribution in [2.45, 2.75) is 40.4 Å². The number of rotatable bonds is 3. The summed E-state index contributed by atoms with van der Waals surface area (Å²) >= 11 is 0. The van der Waals surface area contributed by atoms with Crippen LogP contribution in [0.15, 0.2) is 36.0 Å². The number of benzene rings is 1. The Labute approximate surface area is 146 Å². The predicted octanol–water partition coefficient (Wildman–Crippen LogP) is 2.80. The zero-order valence-electron chi connectivity index (χ0n) is 14.9. The molecular weight excluding hydrogens is 324 g/mol. The minimum Gasteiger partial charge on any atom is -0.419 e. The van der Waals surface area contributed by atoms with E-state index in [1.807, 2.05) is 20.8 Å². The molecule has 1 heterocycles. The molecule has 1 aromatic carbocycles. The van der Waals surface area contributed by atoms with Crippen molar-refractivity contribution in [3.05, 3.63) is 36.0 Å². The van der Waals surface area contributed by atoms with Gasteiger partial charge in [-0.2, -0.15) is 0 Å². The Balaban J connectivity index is 2.11. The Morgan fingerprint density at radius 2 is 1.64 bits per heavy atom. The van der Waals surface area contributed by atoms with E-state index in [1.165, 1.54) is 20.0 Å². The van der Waals surface area contributed by atoms with E-state index in [1.54, 1.807) is 24.3 Å². The standard InChI is InChI=1S/C18H22N2O5/c1-17(2,3)16(23)20-12-8-6-7-11(9-12)19-10-13-14(21)24-18(4,5)25-15(13)22/h6-10,19H,1-5H3,(H,20,23). The molecule has 1 aromatic rings. The molecule has 0 bridgehead atoms. The molecule has 0 aliphatic carbocycles. The summed E-state index contributed by atoms with van der Waals surface area (Å²) in [5, 5.41) is 5.65. The third kappa shape index (κ3) is 4.82. The van der Waals surface area contributed by atoms with Gasteiger partial charge in [0.15, 0.2) is 5.57 Å². The Morgan fingerprint density at radius 1 is 1.08 bits per heavy atom. The van der Waals surface area contributed by atoms with Crippen LogP contribution in [0.25, 0.3) is 0 Å². The van der Waals surface area contributed by atoms with Gasteiger partial charge in [0.25, 0.3) is 5.79 Å². The molecule has 0 aromatic heterocycles. The molecule has 0 unspecified atom stereocenters. The largest absolute Gasteiger partial charge is 0.419 e. The number of esters is 2. The number of cyclic esters (lactones) is 2. The molecule has 1 saturated heterocycles. The maximum atomic E-state index is 12.0. The van der Waals surface area contributed by atoms with Gasteiger partial charge in [0.2, 0.25) is 5.91 Å². The Kier molecular flexibility index (Phi) is 4.87. The summed E-state index contributed by atoms with van der Waals surface area (Å²) < 4.78 is 10.0. The second-order valence-electron chi connectivity index (χ2n) is 7.17. The van der Waals surface area contributed by atoms with Crippen molar-refractivity contribution < 1.29 is 23.9 Å². The van der Waals surface area contributed by atoms with E-state index in [9.17, 15) is 14.4 Å². The molecule has 1 aliphatic heterocycles. The molecule has 1 fully saturated rings. The van der Waals surface area contributed by atoms with Crippen molar-refractivity contribution in [2.24, 2.45) is 5.41 Å². The summed E-state index contributed by atoms with van der Waals surface area (Å²) in [5.41, 5.74) is 0.430. The van der Waals surface area contributed by atoms with Gasteiger partial charge in [-0.3, -0.25) is 4.79 Å². The van der Waals surface area contributed by atoms with E-state index in [0.29, 0.717) is 11.4 Å². The van der Waals surface area contributed by atoms with Gasteiger partial charge in [-0.05, 0) is 18.2 Å². The topological polar surface area (TPSA) is 93.7 Å². The summed E-state index contributed by atoms with van der Waals surface area (Å²) in [6, 6.07) is 6.89. The average Bonchev–Trinajstić information content (AvgIpc) is 2.44. The first-order valence-corrected chi connectivity index (χ1v) is 7.83. The van der Waals surface area contributed by atoms with Gasteiger partial charge in [0.05, 0.1) is 0 Å². The highest BCUT2D eigenvalue weighted by Gasteiger charge is 2.38. The van der Waals surface area contributed by atoms with Gasteiger partial charge < -0.3 is 20.1 Å². The van der Waals surface area contributed by atoms with Crippen LogP contribution in [0.3, 0.4) is 0 Å². The highest BCUT2D eigenvalue weighted by Crippen LogP contribution is 2.23. The zero-order chi connectivity index (χ0) is 18.8. The number of hydrogen-bond donors (Lipinski definition) is 2. The molecule has 0 radical (unpaired) electrons. The fourth-order valence-electron chi connectivity index (χ4n) is 1.94. The maximum absolute atomic E-state index is 12.0. The molecule has 2 N–H and O–H groups in total. The van der Waals surface area contributed by atoms with Gasteiger partial charge in [-0.25, -0.2) is 9.59 Å². The van der Waals surface area contributed by atoms with Crippen LogP contribution in [-0.2, 0) is 23.9 Å². The molecule has 7 heteroatoms. The van der Waals surface area contributed by atoms with Crippen molar-refractivity contribution >= 4 is 29.2 Å². The van der Waals surface area contributed by atoms with Crippen LogP contribution in [0, 0.1) is 5.41 Å². The normalized spacial score (nSPS) is 16.6. The molecule has 0 saturated carbocycles. The van der Waals surface area contributed by atoms with Crippen LogP contribution in [0.1, 0.15) is 34.6 Å². The first-order chi connectivity index (χ1) is 11.5. The van der Waals surface area contributed by atoms with E-state index in [4.69, 9.17) is 9.47 Å². The number of nitrogens with one attached hydrogen (secondary N) is 2. The second-order valence-corrected chi connectivity index (χ2v) is 7.17. The minimum absolute atomic E-state index is 0.121. The summed E-state index contributed by atoms with van der Waals surface area (Å²) in [7, 11) is 0. The van der Waals surface area contributed by atoms with Gasteiger partial charge >= 0.3 is 11.9 Å². The molecule has 0 spiro atoms. The molecule has 134 valence electrons. The van der Waals surface area contributed by atoms with Crippen molar-refractivity contribution in [3.8, 4) is 0 Å². The fourth-order valence-corrected chi connectivity index (χ4v) is 1.94. The van der Waals surface area contributed by atoms with E-state index in [0.717, 1.165) is 0 Å². The highest BCUT2D eigenvalue weighted by atomic mass is 16.7. The van der Waals surface area contributed by atoms with E-state index in [-0.39, 0.29) is 11.5 Å². The molecule has 1 amide bonds. The van der Waals surface area contributed by atoms with Gasteiger partial charge in [-0.1, -0.05) is 26.8 Å². The molecule has 0 atom stereocenters. The lowest BCUT2D eigenvalue weighted by atomic mass is 9.95. The second kappa shape index (κ2) is 6.58. The van der Waals surface area contributed by atoms with E-state index < -0.39 is 23.1 Å². The summed E-state index contributed by atoms with van der Waals surface area (Å²) in [4.78, 5) is 35.8. The number of anilines is 2. The summed E-state index contributed by atoms with van der Waals surface area (Å²) in [6.07, 6.45) is 1.23. The van der Waals surface area contributed by atoms with E-state index in [2.05, 4.69) is 10.6 Å². The lowest BCUT2D eigenvalue weighted by Gasteiger charge is -2.29. The molecule has 1 aliphatic rings. The predicted molar refractivity (Wildman–Crippen MR) is 92.5 cm³/mol. The van der Waals surface area contributed by atoms with E-state index >= 15 is 0 Å². The molecule has 2 rings (SSSR count). The van der Waals surface area contributed by atoms with Gasteiger partial charge in [0, 0.05) is 36.8 Å². The molecule has 7 nitrogen and oxygen atoms in total. The first-order valence-electron chi connectivity index (χ1n) is 7.83. The van der Waals surface area contributed by atoms with Gasteiger partial charge in [-0.15, -0.1) is 0 Å². The number of amides is 1. The Hall–Kier alpha value is -2.83. The van der Waals surface area contributed by atoms with Crippen LogP contribution in [0.4, 0.5) is 11.4 Å². The van der Waals surface area contributed by atoms with Crippen molar-refractivity contribution in [1.82, 2.24) is 0 Å². The van der Waals surface area contributed by atoms with Gasteiger partial charge in [0.1, 0.15) is 0 Å². The fraction of sp³-hybridized carbons (Fsp3) is 0.389. The first kappa shape index (κ1) is 18.5. The van der Waals surface area contributed by atoms with Crippen LogP contribution < -0.4 is 10.6 Å². The van der Waals surface area contributed by atoms with Crippen LogP contribution >= 0.6 is 0 Å². The summed E-state index contributed by atoms with van der Waals surface area (Å²) in [6.45, 7) is 8.41. The number of carbonyl (C=O) groups is 3. The van der Waals surface area contributed by atoms with Crippen molar-refractivity contribution in [1.29, 1.82) is 0 Å². The highest BCUT2D eigenvalue weighted by molar-refractivity contribution is 6.15. The lowest BCUT2D eigenvalue weighted by molar-refractivity contribution is -0.222. The molecule has 25 heavy (non-hydrogen) atoms. The monoisotopic (exact) mass is 346 g/mol. The van der Waals surface area contributed by atoms with Crippen molar-refractivity contribution in [3.63, 3.8) is 0 Å². The number of ether oxygens (including phenoxy) is 2. The van der Waals surface area contributed by atoms with Crippen molar-refractivity contribution in [2.75, 3.05) is 10.6 Å². The SMILES string of the molecule is CC1(C)OC(=O)C(=CNc2cccc(NC(=O)C(C)(C)C)c2)C(=O)O1. The third-order valence-electron chi connectivity index (χ3n) is 3.30. The lowest BCUT2D eigenvalue weighted by Crippen LogP contribution is -2.42. The number of hydrogen-bond acceptors (Lipinski definition) is 6. The Bertz CT molecular complexity index is 722. The van der Waals surface area contributed by atoms with Crippen LogP contribution in [0.2, 0.25) is 0 Å². The molecular formula is C18H22N2O5. The van der Waals surface area contributed by atoms with Crippen LogP contribution in [-0.4, -0.2) is 23.6 Å². The average molecular weight is 346 g/mol. The van der Waals surface area contributed by atoms with Crippen LogP contribution in [0.5, 0.6) is 0 Å². The third-order valence-corrected chi connectivity index (χ3v) is 3.30. The summed E-state index contributed by atoms with van der Waals surface area (Å²) in [5.74, 6) is -2.91. The Morgan fingerprint density at radius 3 is 2.20 bits per heavy atom. The zero-order valence-corrected chi connectivity index (χ0v) is 14.9. The smallest absolute Gasteiger partial charge is 0.350 e. The maximum Gasteiger partial charge on any atom is 0.350 e. The number of carbonyl (C=O) groups excluding carboxylic acids is 3. The minimum atomic E-state index is -1.28. The quantitative estimate of drug-likeness (QED) is 0.496.